The van der Waals surface area contributed by atoms with E-state index in [2.05, 4.69) is 312 Å². The topological polar surface area (TPSA) is 6.48 Å². The molecule has 0 spiro atoms. The molecule has 0 saturated heterocycles. The Morgan fingerprint density at radius 3 is 0.770 bits per heavy atom. The molecule has 0 unspecified atom stereocenters. The van der Waals surface area contributed by atoms with Crippen molar-refractivity contribution in [3.63, 3.8) is 0 Å². The summed E-state index contributed by atoms with van der Waals surface area (Å²) in [6, 6.07) is 82.6. The van der Waals surface area contributed by atoms with Crippen molar-refractivity contribution in [3.8, 4) is 66.8 Å². The first-order valence-corrected chi connectivity index (χ1v) is 31.7. The van der Waals surface area contributed by atoms with Gasteiger partial charge in [-0.05, 0) is 231 Å². The zero-order valence-corrected chi connectivity index (χ0v) is 52.6. The second-order valence-corrected chi connectivity index (χ2v) is 29.4. The molecule has 17 rings (SSSR count). The standard InChI is InChI=1S/C85H74N2/c1-49-40-55(87(53-32-37-62-58-24-16-20-28-69(58)82(6,7)73(62)44-53)54-33-38-63-59-25-17-21-29-70(59)83(8,9)74(63)45-54)46-78-79(49)66-48-76-65(47-77(66)85(78,12)13)64-39-34-52(43-75(64)84(76,10)11)86(50-30-35-60-56-22-14-18-26-67(56)80(2,3)71(60)41-50)51-31-36-61-57-23-15-19-27-68(57)81(4,5)72(61)42-51/h14-48H,1-13H3. The van der Waals surface area contributed by atoms with Crippen LogP contribution in [-0.4, -0.2) is 0 Å². The Balaban J connectivity index is 0.789. The van der Waals surface area contributed by atoms with E-state index in [1.807, 2.05) is 0 Å². The number of hydrogen-bond acceptors (Lipinski definition) is 2. The Labute approximate surface area is 514 Å². The first-order chi connectivity index (χ1) is 41.6. The Hall–Kier alpha value is -8.98. The van der Waals surface area contributed by atoms with E-state index in [0.29, 0.717) is 0 Å². The van der Waals surface area contributed by atoms with Gasteiger partial charge in [0.25, 0.3) is 0 Å². The summed E-state index contributed by atoms with van der Waals surface area (Å²) in [6.45, 7) is 31.4. The van der Waals surface area contributed by atoms with E-state index in [1.54, 1.807) is 0 Å². The van der Waals surface area contributed by atoms with Gasteiger partial charge in [0.15, 0.2) is 0 Å². The van der Waals surface area contributed by atoms with Crippen LogP contribution in [0.5, 0.6) is 0 Å². The van der Waals surface area contributed by atoms with Gasteiger partial charge >= 0.3 is 0 Å². The minimum absolute atomic E-state index is 0.136. The molecule has 6 aliphatic rings. The lowest BCUT2D eigenvalue weighted by Gasteiger charge is -2.31. The van der Waals surface area contributed by atoms with Gasteiger partial charge in [-0.3, -0.25) is 0 Å². The van der Waals surface area contributed by atoms with Gasteiger partial charge in [0.1, 0.15) is 0 Å². The van der Waals surface area contributed by atoms with Crippen LogP contribution in [-0.2, 0) is 32.5 Å². The summed E-state index contributed by atoms with van der Waals surface area (Å²) in [5, 5.41) is 0. The second kappa shape index (κ2) is 17.2. The van der Waals surface area contributed by atoms with Gasteiger partial charge in [-0.15, -0.1) is 0 Å². The fraction of sp³-hybridized carbons (Fsp3) is 0.224. The van der Waals surface area contributed by atoms with Crippen molar-refractivity contribution in [2.75, 3.05) is 9.80 Å². The molecule has 0 fully saturated rings. The predicted molar refractivity (Wildman–Crippen MR) is 366 cm³/mol. The van der Waals surface area contributed by atoms with Crippen LogP contribution in [0.2, 0.25) is 0 Å². The van der Waals surface area contributed by atoms with Crippen LogP contribution in [0.3, 0.4) is 0 Å². The molecule has 11 aromatic carbocycles. The quantitative estimate of drug-likeness (QED) is 0.164. The smallest absolute Gasteiger partial charge is 0.0467 e. The Morgan fingerprint density at radius 1 is 0.195 bits per heavy atom. The van der Waals surface area contributed by atoms with Gasteiger partial charge in [0, 0.05) is 66.6 Å². The Morgan fingerprint density at radius 2 is 0.425 bits per heavy atom. The Kier molecular flexibility index (Phi) is 10.3. The van der Waals surface area contributed by atoms with Crippen LogP contribution in [0.25, 0.3) is 66.8 Å². The summed E-state index contributed by atoms with van der Waals surface area (Å²) < 4.78 is 0. The molecule has 424 valence electrons. The first-order valence-electron chi connectivity index (χ1n) is 31.7. The second-order valence-electron chi connectivity index (χ2n) is 29.4. The molecule has 0 amide bonds. The summed E-state index contributed by atoms with van der Waals surface area (Å²) in [5.41, 5.74) is 40.1. The van der Waals surface area contributed by atoms with E-state index >= 15 is 0 Å². The SMILES string of the molecule is Cc1cc(N(c2ccc3c(c2)C(C)(C)c2ccccc2-3)c2ccc3c(c2)C(C)(C)c2ccccc2-3)cc2c1-c1cc3c(cc1C2(C)C)-c1ccc(N(c2ccc4c(c2)C(C)(C)c2ccccc2-4)c2ccc4c(c2)C(C)(C)c2ccccc2-4)cc1C3(C)C. The van der Waals surface area contributed by atoms with Crippen LogP contribution in [0.15, 0.2) is 212 Å². The van der Waals surface area contributed by atoms with Crippen molar-refractivity contribution in [1.82, 2.24) is 0 Å². The lowest BCUT2D eigenvalue weighted by molar-refractivity contribution is 0.652. The number of fused-ring (bicyclic) bond motifs is 18. The first kappa shape index (κ1) is 52.4. The van der Waals surface area contributed by atoms with E-state index in [0.717, 1.165) is 0 Å². The minimum Gasteiger partial charge on any atom is -0.310 e. The zero-order valence-electron chi connectivity index (χ0n) is 52.6. The van der Waals surface area contributed by atoms with Crippen molar-refractivity contribution in [2.45, 2.75) is 122 Å². The van der Waals surface area contributed by atoms with Gasteiger partial charge < -0.3 is 9.80 Å². The van der Waals surface area contributed by atoms with Gasteiger partial charge in [-0.25, -0.2) is 0 Å². The minimum atomic E-state index is -0.277. The van der Waals surface area contributed by atoms with Gasteiger partial charge in [0.05, 0.1) is 0 Å². The lowest BCUT2D eigenvalue weighted by Crippen LogP contribution is -2.19. The number of anilines is 6. The largest absolute Gasteiger partial charge is 0.310 e. The van der Waals surface area contributed by atoms with E-state index < -0.39 is 0 Å². The maximum Gasteiger partial charge on any atom is 0.0467 e. The van der Waals surface area contributed by atoms with Crippen molar-refractivity contribution >= 4 is 34.1 Å². The third kappa shape index (κ3) is 6.82. The molecule has 0 atom stereocenters. The van der Waals surface area contributed by atoms with E-state index in [4.69, 9.17) is 0 Å². The van der Waals surface area contributed by atoms with Crippen molar-refractivity contribution in [1.29, 1.82) is 0 Å². The molecular weight excluding hydrogens is 1050 g/mol. The maximum atomic E-state index is 2.60. The third-order valence-electron chi connectivity index (χ3n) is 22.6. The molecule has 6 aliphatic carbocycles. The molecule has 0 radical (unpaired) electrons. The van der Waals surface area contributed by atoms with Crippen LogP contribution in [0, 0.1) is 6.92 Å². The fourth-order valence-corrected chi connectivity index (χ4v) is 17.7. The number of hydrogen-bond donors (Lipinski definition) is 0. The maximum absolute atomic E-state index is 2.60. The summed E-state index contributed by atoms with van der Waals surface area (Å²) in [4.78, 5) is 5.11. The highest BCUT2D eigenvalue weighted by Gasteiger charge is 2.45. The number of rotatable bonds is 6. The summed E-state index contributed by atoms with van der Waals surface area (Å²) in [7, 11) is 0. The summed E-state index contributed by atoms with van der Waals surface area (Å²) in [5.74, 6) is 0. The fourth-order valence-electron chi connectivity index (χ4n) is 17.7. The lowest BCUT2D eigenvalue weighted by atomic mass is 9.79. The van der Waals surface area contributed by atoms with E-state index in [-0.39, 0.29) is 32.5 Å². The average molecular weight is 1120 g/mol. The van der Waals surface area contributed by atoms with E-state index in [9.17, 15) is 0 Å². The number of benzene rings is 11. The van der Waals surface area contributed by atoms with Crippen LogP contribution >= 0.6 is 0 Å². The monoisotopic (exact) mass is 1120 g/mol. The van der Waals surface area contributed by atoms with Gasteiger partial charge in [-0.2, -0.15) is 0 Å². The summed E-state index contributed by atoms with van der Waals surface area (Å²) >= 11 is 0. The highest BCUT2D eigenvalue weighted by atomic mass is 15.1. The van der Waals surface area contributed by atoms with Crippen molar-refractivity contribution in [3.05, 3.63) is 285 Å². The number of aryl methyl sites for hydroxylation is 1. The van der Waals surface area contributed by atoms with Crippen molar-refractivity contribution < 1.29 is 0 Å². The molecule has 87 heavy (non-hydrogen) atoms. The molecule has 0 N–H and O–H groups in total. The Bertz CT molecular complexity index is 4680. The van der Waals surface area contributed by atoms with Crippen LogP contribution in [0.1, 0.15) is 155 Å². The normalized spacial score (nSPS) is 17.1. The molecule has 0 saturated carbocycles. The molecule has 2 heteroatoms. The van der Waals surface area contributed by atoms with Crippen LogP contribution in [0.4, 0.5) is 34.1 Å². The van der Waals surface area contributed by atoms with Gasteiger partial charge in [0.2, 0.25) is 0 Å². The molecule has 0 heterocycles. The molecule has 11 aromatic rings. The molecule has 0 bridgehead atoms. The molecule has 0 aromatic heterocycles. The van der Waals surface area contributed by atoms with E-state index in [1.165, 1.54) is 173 Å². The highest BCUT2D eigenvalue weighted by molar-refractivity contribution is 5.96. The highest BCUT2D eigenvalue weighted by Crippen LogP contribution is 2.61. The van der Waals surface area contributed by atoms with Gasteiger partial charge in [-0.1, -0.05) is 210 Å². The summed E-state index contributed by atoms with van der Waals surface area (Å²) in [6.07, 6.45) is 0. The third-order valence-corrected chi connectivity index (χ3v) is 22.6. The molecule has 2 nitrogen and oxygen atoms in total. The zero-order chi connectivity index (χ0) is 59.8. The number of nitrogens with zero attached hydrogens (tertiary/aromatic N) is 2. The molecule has 0 aliphatic heterocycles. The molecular formula is C85H74N2. The van der Waals surface area contributed by atoms with Crippen LogP contribution < -0.4 is 9.80 Å². The van der Waals surface area contributed by atoms with Crippen molar-refractivity contribution in [2.24, 2.45) is 0 Å². The average Bonchev–Trinajstić information content (AvgIpc) is 1.57. The predicted octanol–water partition coefficient (Wildman–Crippen LogP) is 22.8.